The second-order valence-electron chi connectivity index (χ2n) is 0. The lowest BCUT2D eigenvalue weighted by molar-refractivity contribution is 0.823. The molecule has 0 radical (unpaired) electrons. The van der Waals surface area contributed by atoms with Gasteiger partial charge >= 0.3 is 0 Å². The summed E-state index contributed by atoms with van der Waals surface area (Å²) in [4.78, 5) is 0. The van der Waals surface area contributed by atoms with E-state index in [1.807, 2.05) is 0 Å². The van der Waals surface area contributed by atoms with Crippen LogP contribution in [0, 0.1) is 0 Å². The summed E-state index contributed by atoms with van der Waals surface area (Å²) in [6, 6.07) is 0. The molecule has 0 aliphatic carbocycles. The standard InChI is InChI=1S/4H2O.4H2S/h8*1H2. The van der Waals surface area contributed by atoms with Crippen LogP contribution in [0.2, 0.25) is 0 Å². The molecule has 0 aliphatic heterocycles. The molecule has 0 atom stereocenters. The molecule has 8 N–H and O–H groups in total. The molecule has 0 fully saturated rings. The van der Waals surface area contributed by atoms with Crippen LogP contribution in [0.25, 0.3) is 0 Å². The molecule has 0 aromatic heterocycles. The zero-order chi connectivity index (χ0) is 0. The van der Waals surface area contributed by atoms with Gasteiger partial charge < -0.3 is 21.9 Å². The summed E-state index contributed by atoms with van der Waals surface area (Å²) >= 11 is 0. The molecule has 0 heterocycles. The Kier molecular flexibility index (Phi) is 14300. The van der Waals surface area contributed by atoms with E-state index in [1.165, 1.54) is 0 Å². The molecule has 4 nitrogen and oxygen atoms in total. The van der Waals surface area contributed by atoms with Crippen LogP contribution in [-0.4, -0.2) is 21.9 Å². The van der Waals surface area contributed by atoms with Gasteiger partial charge in [0.2, 0.25) is 0 Å². The fourth-order valence-corrected chi connectivity index (χ4v) is 0. The number of hydrogen-bond acceptors (Lipinski definition) is 0. The average Bonchev–Trinajstić information content (AvgIpc) is 0. The zero-order valence-corrected chi connectivity index (χ0v) is 8.00. The van der Waals surface area contributed by atoms with E-state index in [2.05, 4.69) is 0 Å². The Labute approximate surface area is 76.1 Å². The fraction of sp³-hybridized carbons (Fsp3) is 0. The highest BCUT2D eigenvalue weighted by atomic mass is 32.1. The third-order valence-corrected chi connectivity index (χ3v) is 0. The summed E-state index contributed by atoms with van der Waals surface area (Å²) in [7, 11) is 0. The van der Waals surface area contributed by atoms with Crippen LogP contribution in [0.15, 0.2) is 0 Å². The van der Waals surface area contributed by atoms with Crippen molar-refractivity contribution < 1.29 is 21.9 Å². The first kappa shape index (κ1) is 408. The predicted octanol–water partition coefficient (Wildman–Crippen LogP) is -2.85. The molecule has 8 heavy (non-hydrogen) atoms. The Balaban J connectivity index is 0. The van der Waals surface area contributed by atoms with E-state index in [9.17, 15) is 0 Å². The van der Waals surface area contributed by atoms with Crippen LogP contribution in [0.1, 0.15) is 0 Å². The SMILES string of the molecule is O.O.O.O.S.S.S.S. The highest BCUT2D eigenvalue weighted by Gasteiger charge is -0.194. The summed E-state index contributed by atoms with van der Waals surface area (Å²) in [5.41, 5.74) is 0. The predicted molar refractivity (Wildman–Crippen MR) is 56.0 cm³/mol. The minimum atomic E-state index is 0. The molecule has 0 spiro atoms. The Morgan fingerprint density at radius 3 is 0.250 bits per heavy atom. The highest BCUT2D eigenvalue weighted by Crippen LogP contribution is 0.651. The van der Waals surface area contributed by atoms with Crippen molar-refractivity contribution in [2.45, 2.75) is 0 Å². The monoisotopic (exact) mass is 208 g/mol. The van der Waals surface area contributed by atoms with Crippen LogP contribution in [-0.2, 0) is 0 Å². The molecule has 0 rings (SSSR count). The lowest BCUT2D eigenvalue weighted by Gasteiger charge is -0.413. The van der Waals surface area contributed by atoms with Gasteiger partial charge in [-0.2, -0.15) is 54.0 Å². The third kappa shape index (κ3) is 183. The number of hydrogen-bond donors (Lipinski definition) is 0. The van der Waals surface area contributed by atoms with Crippen molar-refractivity contribution in [2.24, 2.45) is 0 Å². The quantitative estimate of drug-likeness (QED) is 0.406. The first-order valence-electron chi connectivity index (χ1n) is 0. The van der Waals surface area contributed by atoms with E-state index >= 15 is 0 Å². The maximum absolute atomic E-state index is 0. The third-order valence-electron chi connectivity index (χ3n) is 0. The summed E-state index contributed by atoms with van der Waals surface area (Å²) in [6.45, 7) is 0. The van der Waals surface area contributed by atoms with Crippen LogP contribution in [0.3, 0.4) is 0 Å². The largest absolute Gasteiger partial charge is 0.412 e. The summed E-state index contributed by atoms with van der Waals surface area (Å²) in [5.74, 6) is 0. The van der Waals surface area contributed by atoms with Gasteiger partial charge in [0.05, 0.1) is 0 Å². The summed E-state index contributed by atoms with van der Waals surface area (Å²) < 4.78 is 0. The van der Waals surface area contributed by atoms with Crippen molar-refractivity contribution in [3.63, 3.8) is 0 Å². The summed E-state index contributed by atoms with van der Waals surface area (Å²) in [5, 5.41) is 0. The van der Waals surface area contributed by atoms with Gasteiger partial charge in [-0.1, -0.05) is 0 Å². The fourth-order valence-electron chi connectivity index (χ4n) is 0. The molecule has 0 aromatic carbocycles. The van der Waals surface area contributed by atoms with Crippen molar-refractivity contribution >= 4 is 54.0 Å². The molecule has 0 amide bonds. The molecular weight excluding hydrogens is 192 g/mol. The minimum Gasteiger partial charge on any atom is -0.412 e. The molecule has 0 aromatic rings. The van der Waals surface area contributed by atoms with Crippen molar-refractivity contribution in [2.75, 3.05) is 0 Å². The first-order valence-corrected chi connectivity index (χ1v) is 0. The Hall–Kier alpha value is 1.24. The van der Waals surface area contributed by atoms with Crippen LogP contribution in [0.4, 0.5) is 0 Å². The van der Waals surface area contributed by atoms with Crippen molar-refractivity contribution in [1.82, 2.24) is 0 Å². The maximum atomic E-state index is 0. The Bertz CT molecular complexity index is 8.00. The summed E-state index contributed by atoms with van der Waals surface area (Å²) in [6.07, 6.45) is 0. The van der Waals surface area contributed by atoms with Gasteiger partial charge in [-0.25, -0.2) is 0 Å². The molecule has 64 valence electrons. The molecule has 0 bridgehead atoms. The second kappa shape index (κ2) is 281. The maximum Gasteiger partial charge on any atom is -0.197 e. The average molecular weight is 208 g/mol. The molecule has 8 heteroatoms. The normalized spacial score (nSPS) is 0. The van der Waals surface area contributed by atoms with Gasteiger partial charge in [0.1, 0.15) is 0 Å². The lowest BCUT2D eigenvalue weighted by Crippen LogP contribution is -0.290. The molecule has 0 unspecified atom stereocenters. The van der Waals surface area contributed by atoms with Gasteiger partial charge in [-0.15, -0.1) is 0 Å². The smallest absolute Gasteiger partial charge is 0.197 e. The molecule has 0 saturated carbocycles. The van der Waals surface area contributed by atoms with Crippen molar-refractivity contribution in [1.29, 1.82) is 0 Å². The number of rotatable bonds is 0. The highest BCUT2D eigenvalue weighted by molar-refractivity contribution is 7.59. The van der Waals surface area contributed by atoms with Crippen molar-refractivity contribution in [3.8, 4) is 0 Å². The van der Waals surface area contributed by atoms with Crippen LogP contribution >= 0.6 is 54.0 Å². The molecule has 0 saturated heterocycles. The van der Waals surface area contributed by atoms with E-state index in [0.29, 0.717) is 0 Å². The topological polar surface area (TPSA) is 126 Å². The van der Waals surface area contributed by atoms with Crippen molar-refractivity contribution in [3.05, 3.63) is 0 Å². The van der Waals surface area contributed by atoms with E-state index in [-0.39, 0.29) is 75.9 Å². The Morgan fingerprint density at radius 2 is 0.250 bits per heavy atom. The van der Waals surface area contributed by atoms with Crippen LogP contribution in [0.5, 0.6) is 0 Å². The van der Waals surface area contributed by atoms with E-state index in [0.717, 1.165) is 0 Å². The van der Waals surface area contributed by atoms with Gasteiger partial charge in [-0.05, 0) is 0 Å². The minimum absolute atomic E-state index is 0. The van der Waals surface area contributed by atoms with Gasteiger partial charge in [-0.3, -0.25) is 0 Å². The van der Waals surface area contributed by atoms with Gasteiger partial charge in [0, 0.05) is 0 Å². The van der Waals surface area contributed by atoms with E-state index in [1.54, 1.807) is 0 Å². The first-order chi connectivity index (χ1) is 0. The van der Waals surface area contributed by atoms with Crippen LogP contribution < -0.4 is 0 Å². The Morgan fingerprint density at radius 1 is 0.250 bits per heavy atom. The van der Waals surface area contributed by atoms with Gasteiger partial charge in [0.25, 0.3) is 0 Å². The lowest BCUT2D eigenvalue weighted by atomic mass is 16.0. The van der Waals surface area contributed by atoms with E-state index in [4.69, 9.17) is 0 Å². The van der Waals surface area contributed by atoms with Gasteiger partial charge in [0.15, 0.2) is 0 Å². The second-order valence-corrected chi connectivity index (χ2v) is 0. The molecular formula is H16O4S4. The molecule has 0 aliphatic rings. The zero-order valence-electron chi connectivity index (χ0n) is 4.00. The van der Waals surface area contributed by atoms with E-state index < -0.39 is 0 Å².